The molecule has 24 heavy (non-hydrogen) atoms. The Morgan fingerprint density at radius 1 is 1.08 bits per heavy atom. The maximum absolute atomic E-state index is 4.38. The summed E-state index contributed by atoms with van der Waals surface area (Å²) in [5, 5.41) is 12.6. The predicted molar refractivity (Wildman–Crippen MR) is 95.7 cm³/mol. The summed E-state index contributed by atoms with van der Waals surface area (Å²) in [6.07, 6.45) is 7.87. The molecule has 1 aliphatic carbocycles. The Bertz CT molecular complexity index is 485. The van der Waals surface area contributed by atoms with E-state index in [1.54, 1.807) is 0 Å². The van der Waals surface area contributed by atoms with Crippen molar-refractivity contribution in [3.05, 3.63) is 5.82 Å². The molecule has 6 nitrogen and oxygen atoms in total. The molecule has 0 spiro atoms. The first kappa shape index (κ1) is 17.8. The van der Waals surface area contributed by atoms with E-state index in [1.807, 2.05) is 4.68 Å². The Balaban J connectivity index is 1.59. The summed E-state index contributed by atoms with van der Waals surface area (Å²) in [5.41, 5.74) is 0. The van der Waals surface area contributed by atoms with Crippen molar-refractivity contribution in [2.45, 2.75) is 77.9 Å². The van der Waals surface area contributed by atoms with Crippen molar-refractivity contribution in [2.24, 2.45) is 5.92 Å². The van der Waals surface area contributed by atoms with Gasteiger partial charge in [0.05, 0.1) is 6.04 Å². The minimum atomic E-state index is 0.359. The van der Waals surface area contributed by atoms with Crippen molar-refractivity contribution < 1.29 is 0 Å². The number of rotatable bonds is 7. The molecule has 2 heterocycles. The molecule has 0 amide bonds. The van der Waals surface area contributed by atoms with E-state index < -0.39 is 0 Å². The number of tetrazole rings is 1. The van der Waals surface area contributed by atoms with Crippen LogP contribution in [0.3, 0.4) is 0 Å². The summed E-state index contributed by atoms with van der Waals surface area (Å²) in [6.45, 7) is 12.4. The summed E-state index contributed by atoms with van der Waals surface area (Å²) < 4.78 is 2.04. The number of nitrogens with zero attached hydrogens (tertiary/aromatic N) is 6. The van der Waals surface area contributed by atoms with E-state index in [2.05, 4.69) is 46.1 Å². The maximum atomic E-state index is 4.38. The van der Waals surface area contributed by atoms with E-state index in [1.165, 1.54) is 38.8 Å². The van der Waals surface area contributed by atoms with Crippen molar-refractivity contribution >= 4 is 0 Å². The quantitative estimate of drug-likeness (QED) is 0.767. The van der Waals surface area contributed by atoms with E-state index in [9.17, 15) is 0 Å². The molecular weight excluding hydrogens is 300 g/mol. The van der Waals surface area contributed by atoms with E-state index in [-0.39, 0.29) is 0 Å². The van der Waals surface area contributed by atoms with Gasteiger partial charge in [0.1, 0.15) is 0 Å². The molecule has 1 saturated heterocycles. The first-order chi connectivity index (χ1) is 11.7. The van der Waals surface area contributed by atoms with Gasteiger partial charge in [0, 0.05) is 38.8 Å². The Kier molecular flexibility index (Phi) is 6.22. The van der Waals surface area contributed by atoms with Crippen LogP contribution in [0.4, 0.5) is 0 Å². The van der Waals surface area contributed by atoms with Gasteiger partial charge >= 0.3 is 0 Å². The Morgan fingerprint density at radius 3 is 2.42 bits per heavy atom. The fraction of sp³-hybridized carbons (Fsp3) is 0.944. The van der Waals surface area contributed by atoms with Crippen LogP contribution >= 0.6 is 0 Å². The molecule has 0 radical (unpaired) electrons. The van der Waals surface area contributed by atoms with Gasteiger partial charge in [0.25, 0.3) is 0 Å². The molecule has 0 unspecified atom stereocenters. The molecule has 6 heteroatoms. The van der Waals surface area contributed by atoms with Crippen molar-refractivity contribution in [3.8, 4) is 0 Å². The number of hydrogen-bond acceptors (Lipinski definition) is 5. The largest absolute Gasteiger partial charge is 0.298 e. The van der Waals surface area contributed by atoms with Gasteiger partial charge in [0.2, 0.25) is 0 Å². The van der Waals surface area contributed by atoms with Gasteiger partial charge in [-0.15, -0.1) is 5.10 Å². The van der Waals surface area contributed by atoms with E-state index in [0.717, 1.165) is 44.3 Å². The van der Waals surface area contributed by atoms with Gasteiger partial charge in [0.15, 0.2) is 5.82 Å². The summed E-state index contributed by atoms with van der Waals surface area (Å²) in [6, 6.07) is 1.21. The summed E-state index contributed by atoms with van der Waals surface area (Å²) in [7, 11) is 0. The van der Waals surface area contributed by atoms with Crippen LogP contribution in [0.1, 0.15) is 71.2 Å². The van der Waals surface area contributed by atoms with Gasteiger partial charge in [-0.2, -0.15) is 0 Å². The molecule has 0 bridgehead atoms. The third-order valence-electron chi connectivity index (χ3n) is 5.79. The minimum Gasteiger partial charge on any atom is -0.298 e. The van der Waals surface area contributed by atoms with Crippen LogP contribution in [0.5, 0.6) is 0 Å². The van der Waals surface area contributed by atoms with Gasteiger partial charge in [-0.25, -0.2) is 4.68 Å². The van der Waals surface area contributed by atoms with Crippen LogP contribution in [0, 0.1) is 5.92 Å². The molecule has 0 N–H and O–H groups in total. The van der Waals surface area contributed by atoms with Crippen LogP contribution < -0.4 is 0 Å². The predicted octanol–water partition coefficient (Wildman–Crippen LogP) is 2.73. The van der Waals surface area contributed by atoms with Crippen molar-refractivity contribution in [1.82, 2.24) is 30.0 Å². The lowest BCUT2D eigenvalue weighted by atomic mass is 10.1. The van der Waals surface area contributed by atoms with Crippen LogP contribution in [-0.2, 0) is 6.54 Å². The third-order valence-corrected chi connectivity index (χ3v) is 5.79. The molecule has 2 aliphatic rings. The molecule has 136 valence electrons. The third kappa shape index (κ3) is 4.14. The Morgan fingerprint density at radius 2 is 1.79 bits per heavy atom. The van der Waals surface area contributed by atoms with E-state index >= 15 is 0 Å². The zero-order valence-corrected chi connectivity index (χ0v) is 15.7. The number of hydrogen-bond donors (Lipinski definition) is 0. The maximum Gasteiger partial charge on any atom is 0.168 e. The average molecular weight is 335 g/mol. The lowest BCUT2D eigenvalue weighted by Gasteiger charge is -2.40. The highest BCUT2D eigenvalue weighted by molar-refractivity contribution is 4.95. The van der Waals surface area contributed by atoms with E-state index in [0.29, 0.717) is 12.0 Å². The van der Waals surface area contributed by atoms with Crippen LogP contribution in [0.2, 0.25) is 0 Å². The lowest BCUT2D eigenvalue weighted by Crippen LogP contribution is -2.50. The zero-order valence-electron chi connectivity index (χ0n) is 15.7. The molecule has 1 aliphatic heterocycles. The van der Waals surface area contributed by atoms with Gasteiger partial charge in [-0.05, 0) is 42.0 Å². The van der Waals surface area contributed by atoms with Crippen LogP contribution in [0.15, 0.2) is 0 Å². The lowest BCUT2D eigenvalue weighted by molar-refractivity contribution is 0.0643. The van der Waals surface area contributed by atoms with E-state index in [4.69, 9.17) is 0 Å². The normalized spacial score (nSPS) is 22.5. The van der Waals surface area contributed by atoms with Crippen molar-refractivity contribution in [2.75, 3.05) is 26.2 Å². The van der Waals surface area contributed by atoms with Crippen LogP contribution in [0.25, 0.3) is 0 Å². The highest BCUT2D eigenvalue weighted by Gasteiger charge is 2.31. The number of aryl methyl sites for hydroxylation is 1. The van der Waals surface area contributed by atoms with Gasteiger partial charge in [-0.3, -0.25) is 9.80 Å². The van der Waals surface area contributed by atoms with Crippen LogP contribution in [-0.4, -0.2) is 62.2 Å². The number of aromatic nitrogens is 4. The fourth-order valence-corrected chi connectivity index (χ4v) is 4.28. The molecule has 2 fully saturated rings. The summed E-state index contributed by atoms with van der Waals surface area (Å²) >= 11 is 0. The Hall–Kier alpha value is -1.01. The highest BCUT2D eigenvalue weighted by Crippen LogP contribution is 2.28. The molecule has 0 aromatic carbocycles. The average Bonchev–Trinajstić information content (AvgIpc) is 3.26. The zero-order chi connectivity index (χ0) is 16.9. The summed E-state index contributed by atoms with van der Waals surface area (Å²) in [5.74, 6) is 1.74. The monoisotopic (exact) mass is 334 g/mol. The SMILES string of the molecule is CC[C@H](c1nnnn1CCC(C)C)N1CCN(C2CCCC2)CC1. The second-order valence-corrected chi connectivity index (χ2v) is 7.88. The topological polar surface area (TPSA) is 50.1 Å². The first-order valence-electron chi connectivity index (χ1n) is 9.93. The number of piperazine rings is 1. The van der Waals surface area contributed by atoms with Gasteiger partial charge < -0.3 is 0 Å². The molecule has 1 atom stereocenters. The van der Waals surface area contributed by atoms with Crippen molar-refractivity contribution in [3.63, 3.8) is 0 Å². The summed E-state index contributed by atoms with van der Waals surface area (Å²) in [4.78, 5) is 5.32. The Labute approximate surface area is 146 Å². The molecule has 1 aromatic heterocycles. The molecule has 3 rings (SSSR count). The standard InChI is InChI=1S/C18H34N6/c1-4-17(18-19-20-21-24(18)10-9-15(2)3)23-13-11-22(12-14-23)16-7-5-6-8-16/h15-17H,4-14H2,1-3H3/t17-/m1/s1. The van der Waals surface area contributed by atoms with Gasteiger partial charge in [-0.1, -0.05) is 33.6 Å². The molecule has 1 saturated carbocycles. The fourth-order valence-electron chi connectivity index (χ4n) is 4.28. The second-order valence-electron chi connectivity index (χ2n) is 7.88. The first-order valence-corrected chi connectivity index (χ1v) is 9.93. The highest BCUT2D eigenvalue weighted by atomic mass is 15.6. The van der Waals surface area contributed by atoms with Crippen molar-refractivity contribution in [1.29, 1.82) is 0 Å². The smallest absolute Gasteiger partial charge is 0.168 e. The second kappa shape index (κ2) is 8.39. The molecule has 1 aromatic rings. The molecular formula is C18H34N6. The minimum absolute atomic E-state index is 0.359.